The van der Waals surface area contributed by atoms with Crippen molar-refractivity contribution in [3.05, 3.63) is 71.7 Å². The molecule has 0 saturated carbocycles. The van der Waals surface area contributed by atoms with Gasteiger partial charge >= 0.3 is 0 Å². The summed E-state index contributed by atoms with van der Waals surface area (Å²) in [6, 6.07) is 10.6. The molecule has 2 aromatic heterocycles. The maximum absolute atomic E-state index is 13.6. The third-order valence-corrected chi connectivity index (χ3v) is 4.94. The first kappa shape index (κ1) is 17.6. The van der Waals surface area contributed by atoms with Gasteiger partial charge in [-0.1, -0.05) is 37.7 Å². The molecule has 3 aromatic rings. The van der Waals surface area contributed by atoms with Crippen molar-refractivity contribution in [2.45, 2.75) is 42.8 Å². The van der Waals surface area contributed by atoms with E-state index in [1.54, 1.807) is 12.3 Å². The molecule has 0 aliphatic heterocycles. The maximum Gasteiger partial charge on any atom is 0.124 e. The minimum Gasteiger partial charge on any atom is -0.324 e. The molecular formula is C19H21FN4S. The molecule has 6 heteroatoms. The van der Waals surface area contributed by atoms with Gasteiger partial charge in [-0.25, -0.2) is 9.37 Å². The van der Waals surface area contributed by atoms with Gasteiger partial charge in [0, 0.05) is 17.3 Å². The highest BCUT2D eigenvalue weighted by atomic mass is 32.2. The second-order valence-corrected chi connectivity index (χ2v) is 7.15. The van der Waals surface area contributed by atoms with E-state index in [2.05, 4.69) is 23.4 Å². The quantitative estimate of drug-likeness (QED) is 0.719. The van der Waals surface area contributed by atoms with Crippen LogP contribution in [0.4, 0.5) is 4.39 Å². The summed E-state index contributed by atoms with van der Waals surface area (Å²) in [5, 5.41) is 1.00. The Balaban J connectivity index is 2.05. The highest BCUT2D eigenvalue weighted by Crippen LogP contribution is 2.35. The van der Waals surface area contributed by atoms with Crippen molar-refractivity contribution >= 4 is 11.8 Å². The fraction of sp³-hybridized carbons (Fsp3) is 0.263. The van der Waals surface area contributed by atoms with E-state index in [4.69, 9.17) is 10.7 Å². The summed E-state index contributed by atoms with van der Waals surface area (Å²) in [6.45, 7) is 5.20. The second-order valence-electron chi connectivity index (χ2n) is 6.08. The molecule has 1 aromatic carbocycles. The molecule has 25 heavy (non-hydrogen) atoms. The van der Waals surface area contributed by atoms with E-state index in [-0.39, 0.29) is 11.7 Å². The highest BCUT2D eigenvalue weighted by molar-refractivity contribution is 7.99. The lowest BCUT2D eigenvalue weighted by molar-refractivity contribution is 0.624. The highest BCUT2D eigenvalue weighted by Gasteiger charge is 2.20. The first-order valence-corrected chi connectivity index (χ1v) is 9.01. The average molecular weight is 356 g/mol. The number of hydrogen-bond donors (Lipinski definition) is 1. The number of benzene rings is 1. The van der Waals surface area contributed by atoms with Gasteiger partial charge in [0.1, 0.15) is 16.7 Å². The molecule has 0 fully saturated rings. The summed E-state index contributed by atoms with van der Waals surface area (Å²) in [6.07, 6.45) is 3.59. The SMILES string of the molecule is CC(C)c1nc(CN)n(Cc2cccnc2)c1Sc1cccc(F)c1. The largest absolute Gasteiger partial charge is 0.324 e. The number of pyridine rings is 1. The predicted octanol–water partition coefficient (Wildman–Crippen LogP) is 4.20. The monoisotopic (exact) mass is 356 g/mol. The van der Waals surface area contributed by atoms with E-state index in [9.17, 15) is 4.39 Å². The van der Waals surface area contributed by atoms with E-state index >= 15 is 0 Å². The average Bonchev–Trinajstić information content (AvgIpc) is 2.94. The lowest BCUT2D eigenvalue weighted by Gasteiger charge is -2.13. The van der Waals surface area contributed by atoms with E-state index in [1.165, 1.54) is 23.9 Å². The van der Waals surface area contributed by atoms with Crippen LogP contribution in [-0.2, 0) is 13.1 Å². The van der Waals surface area contributed by atoms with Gasteiger partial charge in [0.15, 0.2) is 0 Å². The summed E-state index contributed by atoms with van der Waals surface area (Å²) in [7, 11) is 0. The summed E-state index contributed by atoms with van der Waals surface area (Å²) < 4.78 is 15.7. The zero-order valence-corrected chi connectivity index (χ0v) is 15.1. The Labute approximate surface area is 151 Å². The maximum atomic E-state index is 13.6. The van der Waals surface area contributed by atoms with Crippen LogP contribution in [0.25, 0.3) is 0 Å². The van der Waals surface area contributed by atoms with Crippen LogP contribution in [0.1, 0.15) is 36.8 Å². The zero-order chi connectivity index (χ0) is 17.8. The number of nitrogens with two attached hydrogens (primary N) is 1. The van der Waals surface area contributed by atoms with Gasteiger partial charge in [0.25, 0.3) is 0 Å². The Hall–Kier alpha value is -2.18. The summed E-state index contributed by atoms with van der Waals surface area (Å²) in [5.74, 6) is 0.830. The number of hydrogen-bond acceptors (Lipinski definition) is 4. The molecule has 2 N–H and O–H groups in total. The van der Waals surface area contributed by atoms with Gasteiger partial charge in [0.2, 0.25) is 0 Å². The van der Waals surface area contributed by atoms with E-state index in [0.717, 1.165) is 27.0 Å². The first-order valence-electron chi connectivity index (χ1n) is 8.20. The minimum absolute atomic E-state index is 0.242. The fourth-order valence-electron chi connectivity index (χ4n) is 2.62. The van der Waals surface area contributed by atoms with Crippen molar-refractivity contribution < 1.29 is 4.39 Å². The summed E-state index contributed by atoms with van der Waals surface area (Å²) in [4.78, 5) is 9.77. The van der Waals surface area contributed by atoms with E-state index < -0.39 is 0 Å². The molecule has 0 saturated heterocycles. The van der Waals surface area contributed by atoms with Crippen LogP contribution >= 0.6 is 11.8 Å². The Kier molecular flexibility index (Phi) is 5.50. The van der Waals surface area contributed by atoms with Crippen LogP contribution in [0.3, 0.4) is 0 Å². The van der Waals surface area contributed by atoms with Crippen LogP contribution in [0, 0.1) is 5.82 Å². The Morgan fingerprint density at radius 2 is 2.08 bits per heavy atom. The normalized spacial score (nSPS) is 11.2. The van der Waals surface area contributed by atoms with Crippen LogP contribution in [0.2, 0.25) is 0 Å². The molecule has 2 heterocycles. The molecule has 0 radical (unpaired) electrons. The molecule has 0 unspecified atom stereocenters. The van der Waals surface area contributed by atoms with Crippen LogP contribution < -0.4 is 5.73 Å². The third-order valence-electron chi connectivity index (χ3n) is 3.83. The zero-order valence-electron chi connectivity index (χ0n) is 14.3. The molecule has 0 aliphatic carbocycles. The molecule has 3 rings (SSSR count). The Morgan fingerprint density at radius 1 is 1.24 bits per heavy atom. The van der Waals surface area contributed by atoms with Crippen LogP contribution in [-0.4, -0.2) is 14.5 Å². The topological polar surface area (TPSA) is 56.7 Å². The van der Waals surface area contributed by atoms with Gasteiger partial charge in [-0.3, -0.25) is 4.98 Å². The first-order chi connectivity index (χ1) is 12.1. The lowest BCUT2D eigenvalue weighted by atomic mass is 10.1. The van der Waals surface area contributed by atoms with Gasteiger partial charge in [-0.2, -0.15) is 0 Å². The van der Waals surface area contributed by atoms with Crippen molar-refractivity contribution in [3.63, 3.8) is 0 Å². The summed E-state index contributed by atoms with van der Waals surface area (Å²) in [5.41, 5.74) is 8.00. The van der Waals surface area contributed by atoms with Crippen molar-refractivity contribution in [2.24, 2.45) is 5.73 Å². The van der Waals surface area contributed by atoms with Gasteiger partial charge in [-0.05, 0) is 35.7 Å². The molecule has 0 spiro atoms. The number of imidazole rings is 1. The van der Waals surface area contributed by atoms with Crippen LogP contribution in [0.15, 0.2) is 58.7 Å². The Bertz CT molecular complexity index is 846. The van der Waals surface area contributed by atoms with Crippen LogP contribution in [0.5, 0.6) is 0 Å². The lowest BCUT2D eigenvalue weighted by Crippen LogP contribution is -2.10. The molecular weight excluding hydrogens is 335 g/mol. The predicted molar refractivity (Wildman–Crippen MR) is 98.1 cm³/mol. The Morgan fingerprint density at radius 3 is 2.72 bits per heavy atom. The number of halogens is 1. The smallest absolute Gasteiger partial charge is 0.124 e. The molecule has 0 amide bonds. The second kappa shape index (κ2) is 7.80. The standard InChI is InChI=1S/C19H21FN4S/c1-13(2)18-19(25-16-7-3-6-15(20)9-16)24(17(10-21)23-18)12-14-5-4-8-22-11-14/h3-9,11,13H,10,12,21H2,1-2H3. The molecule has 0 bridgehead atoms. The van der Waals surface area contributed by atoms with Gasteiger partial charge < -0.3 is 10.3 Å². The molecule has 0 atom stereocenters. The van der Waals surface area contributed by atoms with Gasteiger partial charge in [-0.15, -0.1) is 0 Å². The third kappa shape index (κ3) is 4.08. The minimum atomic E-state index is -0.242. The summed E-state index contributed by atoms with van der Waals surface area (Å²) >= 11 is 1.52. The number of rotatable bonds is 6. The molecule has 130 valence electrons. The molecule has 0 aliphatic rings. The van der Waals surface area contributed by atoms with Crippen molar-refractivity contribution in [1.29, 1.82) is 0 Å². The number of aromatic nitrogens is 3. The molecule has 4 nitrogen and oxygen atoms in total. The van der Waals surface area contributed by atoms with E-state index in [0.29, 0.717) is 13.1 Å². The van der Waals surface area contributed by atoms with Crippen molar-refractivity contribution in [1.82, 2.24) is 14.5 Å². The van der Waals surface area contributed by atoms with Gasteiger partial charge in [0.05, 0.1) is 18.8 Å². The van der Waals surface area contributed by atoms with E-state index in [1.807, 2.05) is 24.4 Å². The van der Waals surface area contributed by atoms with Crippen molar-refractivity contribution in [3.8, 4) is 0 Å². The number of nitrogens with zero attached hydrogens (tertiary/aromatic N) is 3. The van der Waals surface area contributed by atoms with Crippen molar-refractivity contribution in [2.75, 3.05) is 0 Å². The fourth-order valence-corrected chi connectivity index (χ4v) is 3.83.